The van der Waals surface area contributed by atoms with E-state index in [1.807, 2.05) is 36.4 Å². The molecule has 2 fully saturated rings. The molecule has 2 aliphatic rings. The third-order valence-electron chi connectivity index (χ3n) is 8.51. The largest absolute Gasteiger partial charge is 0.480 e. The first-order valence-corrected chi connectivity index (χ1v) is 15.3. The highest BCUT2D eigenvalue weighted by Crippen LogP contribution is 2.32. The molecule has 4 heteroatoms. The molecule has 0 amide bonds. The summed E-state index contributed by atoms with van der Waals surface area (Å²) in [5.41, 5.74) is 2.83. The molecule has 1 unspecified atom stereocenters. The van der Waals surface area contributed by atoms with Crippen LogP contribution in [-0.2, 0) is 11.2 Å². The number of nitrogens with zero attached hydrogens (tertiary/aromatic N) is 2. The Kier molecular flexibility index (Phi) is 13.9. The molecular formula is C34H52N2O2. The van der Waals surface area contributed by atoms with E-state index in [0.29, 0.717) is 6.04 Å². The Bertz CT molecular complexity index is 850. The van der Waals surface area contributed by atoms with Gasteiger partial charge >= 0.3 is 5.97 Å². The first-order chi connectivity index (χ1) is 18.5. The van der Waals surface area contributed by atoms with Gasteiger partial charge in [0.05, 0.1) is 6.54 Å². The third kappa shape index (κ3) is 11.7. The Balaban J connectivity index is 0.000000585. The maximum Gasteiger partial charge on any atom is 0.317 e. The van der Waals surface area contributed by atoms with Crippen molar-refractivity contribution < 1.29 is 9.90 Å². The van der Waals surface area contributed by atoms with Crippen LogP contribution in [0.25, 0.3) is 0 Å². The predicted octanol–water partition coefficient (Wildman–Crippen LogP) is 7.46. The van der Waals surface area contributed by atoms with E-state index < -0.39 is 5.97 Å². The van der Waals surface area contributed by atoms with Gasteiger partial charge in [-0.3, -0.25) is 9.69 Å². The number of unbranched alkanes of at least 4 members (excludes halogenated alkanes) is 2. The Hall–Kier alpha value is -2.17. The minimum Gasteiger partial charge on any atom is -0.480 e. The Morgan fingerprint density at radius 1 is 0.895 bits per heavy atom. The quantitative estimate of drug-likeness (QED) is 0.278. The molecule has 1 aliphatic carbocycles. The summed E-state index contributed by atoms with van der Waals surface area (Å²) >= 11 is 0. The van der Waals surface area contributed by atoms with Gasteiger partial charge in [0, 0.05) is 12.6 Å². The van der Waals surface area contributed by atoms with Crippen LogP contribution in [-0.4, -0.2) is 59.6 Å². The SMILES string of the molecule is CCCCCN(CC(=O)O)C1CC[C@@H](CN2CCC(CCCc3ccc(C)cc3)CC2)C1.c1ccccc1. The fraction of sp³-hybridized carbons (Fsp3) is 0.618. The molecule has 1 saturated carbocycles. The number of hydrogen-bond donors (Lipinski definition) is 1. The number of rotatable bonds is 13. The number of benzene rings is 2. The van der Waals surface area contributed by atoms with Crippen LogP contribution >= 0.6 is 0 Å². The number of aryl methyl sites for hydroxylation is 2. The Morgan fingerprint density at radius 3 is 2.16 bits per heavy atom. The number of carboxylic acids is 1. The fourth-order valence-electron chi connectivity index (χ4n) is 6.23. The number of carbonyl (C=O) groups is 1. The summed E-state index contributed by atoms with van der Waals surface area (Å²) in [6, 6.07) is 21.5. The fourth-order valence-corrected chi connectivity index (χ4v) is 6.23. The maximum atomic E-state index is 11.3. The topological polar surface area (TPSA) is 43.8 Å². The van der Waals surface area contributed by atoms with Crippen molar-refractivity contribution in [1.29, 1.82) is 0 Å². The van der Waals surface area contributed by atoms with Crippen molar-refractivity contribution in [1.82, 2.24) is 9.80 Å². The molecule has 0 aromatic heterocycles. The maximum absolute atomic E-state index is 11.3. The minimum absolute atomic E-state index is 0.217. The molecule has 0 bridgehead atoms. The van der Waals surface area contributed by atoms with Gasteiger partial charge in [-0.05, 0) is 95.3 Å². The molecule has 4 nitrogen and oxygen atoms in total. The van der Waals surface area contributed by atoms with E-state index in [0.717, 1.165) is 24.8 Å². The highest BCUT2D eigenvalue weighted by atomic mass is 16.4. The van der Waals surface area contributed by atoms with Gasteiger partial charge < -0.3 is 10.0 Å². The van der Waals surface area contributed by atoms with Crippen molar-refractivity contribution in [2.24, 2.45) is 11.8 Å². The molecule has 2 atom stereocenters. The monoisotopic (exact) mass is 520 g/mol. The van der Waals surface area contributed by atoms with Gasteiger partial charge in [-0.1, -0.05) is 92.4 Å². The number of piperidine rings is 1. The van der Waals surface area contributed by atoms with E-state index in [4.69, 9.17) is 0 Å². The molecular weight excluding hydrogens is 468 g/mol. The molecule has 4 rings (SSSR count). The van der Waals surface area contributed by atoms with Gasteiger partial charge in [-0.15, -0.1) is 0 Å². The van der Waals surface area contributed by atoms with Gasteiger partial charge in [0.25, 0.3) is 0 Å². The lowest BCUT2D eigenvalue weighted by molar-refractivity contribution is -0.139. The lowest BCUT2D eigenvalue weighted by Crippen LogP contribution is -2.39. The lowest BCUT2D eigenvalue weighted by atomic mass is 9.90. The number of likely N-dealkylation sites (tertiary alicyclic amines) is 1. The van der Waals surface area contributed by atoms with E-state index >= 15 is 0 Å². The second kappa shape index (κ2) is 17.4. The summed E-state index contributed by atoms with van der Waals surface area (Å²) in [4.78, 5) is 16.3. The van der Waals surface area contributed by atoms with Crippen LogP contribution in [0, 0.1) is 18.8 Å². The van der Waals surface area contributed by atoms with E-state index in [2.05, 4.69) is 47.9 Å². The molecule has 38 heavy (non-hydrogen) atoms. The van der Waals surface area contributed by atoms with E-state index in [9.17, 15) is 9.90 Å². The zero-order chi connectivity index (χ0) is 27.0. The van der Waals surface area contributed by atoms with Crippen molar-refractivity contribution in [2.45, 2.75) is 90.5 Å². The lowest BCUT2D eigenvalue weighted by Gasteiger charge is -2.34. The second-order valence-electron chi connectivity index (χ2n) is 11.7. The summed E-state index contributed by atoms with van der Waals surface area (Å²) in [7, 11) is 0. The Labute approximate surface area is 232 Å². The minimum atomic E-state index is -0.672. The predicted molar refractivity (Wildman–Crippen MR) is 160 cm³/mol. The van der Waals surface area contributed by atoms with Crippen molar-refractivity contribution in [2.75, 3.05) is 32.7 Å². The highest BCUT2D eigenvalue weighted by Gasteiger charge is 2.31. The van der Waals surface area contributed by atoms with Crippen LogP contribution in [0.1, 0.15) is 82.3 Å². The van der Waals surface area contributed by atoms with Crippen LogP contribution in [0.2, 0.25) is 0 Å². The average molecular weight is 521 g/mol. The van der Waals surface area contributed by atoms with Crippen molar-refractivity contribution in [3.8, 4) is 0 Å². The zero-order valence-corrected chi connectivity index (χ0v) is 24.1. The molecule has 1 heterocycles. The Morgan fingerprint density at radius 2 is 1.55 bits per heavy atom. The molecule has 2 aromatic rings. The zero-order valence-electron chi connectivity index (χ0n) is 24.1. The standard InChI is InChI=1S/C28H46N2O2.C6H6/c1-3-4-5-17-30(22-28(31)32)27-14-13-26(20-27)21-29-18-15-25(16-19-29)8-6-7-24-11-9-23(2)10-12-24;1-2-4-6-5-3-1/h9-12,25-27H,3-8,13-22H2,1-2H3,(H,31,32);1-6H/t26-,27?;/m1./s1. The van der Waals surface area contributed by atoms with Crippen LogP contribution in [0.5, 0.6) is 0 Å². The van der Waals surface area contributed by atoms with Gasteiger partial charge in [-0.25, -0.2) is 0 Å². The normalized spacial score (nSPS) is 20.3. The summed E-state index contributed by atoms with van der Waals surface area (Å²) in [6.45, 7) is 9.27. The molecule has 1 aliphatic heterocycles. The van der Waals surface area contributed by atoms with Gasteiger partial charge in [0.1, 0.15) is 0 Å². The summed E-state index contributed by atoms with van der Waals surface area (Å²) in [5, 5.41) is 9.34. The summed E-state index contributed by atoms with van der Waals surface area (Å²) in [6.07, 6.45) is 13.8. The molecule has 2 aromatic carbocycles. The average Bonchev–Trinajstić information content (AvgIpc) is 3.40. The first kappa shape index (κ1) is 30.4. The molecule has 0 spiro atoms. The number of hydrogen-bond acceptors (Lipinski definition) is 3. The summed E-state index contributed by atoms with van der Waals surface area (Å²) < 4.78 is 0. The van der Waals surface area contributed by atoms with Crippen LogP contribution < -0.4 is 0 Å². The number of aliphatic carboxylic acids is 1. The van der Waals surface area contributed by atoms with Crippen molar-refractivity contribution in [3.05, 3.63) is 71.8 Å². The van der Waals surface area contributed by atoms with E-state index in [-0.39, 0.29) is 6.54 Å². The second-order valence-corrected chi connectivity index (χ2v) is 11.7. The van der Waals surface area contributed by atoms with E-state index in [1.54, 1.807) is 0 Å². The molecule has 1 N–H and O–H groups in total. The van der Waals surface area contributed by atoms with Crippen LogP contribution in [0.15, 0.2) is 60.7 Å². The smallest absolute Gasteiger partial charge is 0.317 e. The van der Waals surface area contributed by atoms with E-state index in [1.165, 1.54) is 95.0 Å². The van der Waals surface area contributed by atoms with Crippen LogP contribution in [0.3, 0.4) is 0 Å². The number of carboxylic acid groups (broad SMARTS) is 1. The van der Waals surface area contributed by atoms with Gasteiger partial charge in [-0.2, -0.15) is 0 Å². The first-order valence-electron chi connectivity index (χ1n) is 15.3. The van der Waals surface area contributed by atoms with Crippen molar-refractivity contribution in [3.63, 3.8) is 0 Å². The van der Waals surface area contributed by atoms with Gasteiger partial charge in [0.15, 0.2) is 0 Å². The third-order valence-corrected chi connectivity index (χ3v) is 8.51. The van der Waals surface area contributed by atoms with Gasteiger partial charge in [0.2, 0.25) is 0 Å². The summed E-state index contributed by atoms with van der Waals surface area (Å²) in [5.74, 6) is 0.979. The molecule has 0 radical (unpaired) electrons. The van der Waals surface area contributed by atoms with Crippen molar-refractivity contribution >= 4 is 5.97 Å². The highest BCUT2D eigenvalue weighted by molar-refractivity contribution is 5.69. The molecule has 210 valence electrons. The molecule has 1 saturated heterocycles. The van der Waals surface area contributed by atoms with Crippen LogP contribution in [0.4, 0.5) is 0 Å².